The number of carbonyl (C=O) groups excluding carboxylic acids is 1. The Bertz CT molecular complexity index is 460. The average molecular weight is 276 g/mol. The van der Waals surface area contributed by atoms with Crippen molar-refractivity contribution in [3.8, 4) is 0 Å². The Morgan fingerprint density at radius 1 is 1.45 bits per heavy atom. The number of nitrogens with one attached hydrogen (secondary N) is 1. The average Bonchev–Trinajstić information content (AvgIpc) is 2.45. The van der Waals surface area contributed by atoms with Crippen molar-refractivity contribution < 1.29 is 9.53 Å². The first-order chi connectivity index (χ1) is 9.59. The maximum atomic E-state index is 12.5. The Labute approximate surface area is 121 Å². The SMILES string of the molecule is CC(C)OCCN(C)C(=O)C1NCCc2ccccc21. The second kappa shape index (κ2) is 6.86. The van der Waals surface area contributed by atoms with Gasteiger partial charge in [0.05, 0.1) is 12.7 Å². The summed E-state index contributed by atoms with van der Waals surface area (Å²) in [6.07, 6.45) is 1.19. The van der Waals surface area contributed by atoms with Gasteiger partial charge in [-0.05, 0) is 31.4 Å². The molecule has 2 rings (SSSR count). The highest BCUT2D eigenvalue weighted by molar-refractivity contribution is 5.83. The van der Waals surface area contributed by atoms with E-state index in [1.54, 1.807) is 4.90 Å². The first-order valence-electron chi connectivity index (χ1n) is 7.27. The van der Waals surface area contributed by atoms with Gasteiger partial charge in [0.15, 0.2) is 0 Å². The maximum Gasteiger partial charge on any atom is 0.244 e. The molecule has 0 spiro atoms. The van der Waals surface area contributed by atoms with Crippen molar-refractivity contribution in [2.75, 3.05) is 26.7 Å². The normalized spacial score (nSPS) is 17.9. The molecule has 0 aliphatic carbocycles. The van der Waals surface area contributed by atoms with Crippen molar-refractivity contribution in [2.45, 2.75) is 32.4 Å². The molecule has 110 valence electrons. The van der Waals surface area contributed by atoms with E-state index in [4.69, 9.17) is 4.74 Å². The van der Waals surface area contributed by atoms with Gasteiger partial charge < -0.3 is 15.0 Å². The number of fused-ring (bicyclic) bond motifs is 1. The van der Waals surface area contributed by atoms with Crippen molar-refractivity contribution in [3.63, 3.8) is 0 Å². The van der Waals surface area contributed by atoms with Crippen LogP contribution in [0.5, 0.6) is 0 Å². The van der Waals surface area contributed by atoms with Gasteiger partial charge >= 0.3 is 0 Å². The number of nitrogens with zero attached hydrogens (tertiary/aromatic N) is 1. The molecule has 1 aliphatic heterocycles. The second-order valence-corrected chi connectivity index (χ2v) is 5.52. The Morgan fingerprint density at radius 2 is 2.20 bits per heavy atom. The first-order valence-corrected chi connectivity index (χ1v) is 7.27. The Balaban J connectivity index is 1.99. The van der Waals surface area contributed by atoms with Crippen molar-refractivity contribution in [1.82, 2.24) is 10.2 Å². The van der Waals surface area contributed by atoms with E-state index >= 15 is 0 Å². The van der Waals surface area contributed by atoms with Gasteiger partial charge in [0, 0.05) is 20.1 Å². The molecule has 1 aliphatic rings. The highest BCUT2D eigenvalue weighted by Gasteiger charge is 2.27. The van der Waals surface area contributed by atoms with Crippen LogP contribution in [0.25, 0.3) is 0 Å². The lowest BCUT2D eigenvalue weighted by Crippen LogP contribution is -2.43. The summed E-state index contributed by atoms with van der Waals surface area (Å²) in [6.45, 7) is 6.05. The highest BCUT2D eigenvalue weighted by Crippen LogP contribution is 2.23. The van der Waals surface area contributed by atoms with Crippen LogP contribution in [0.1, 0.15) is 31.0 Å². The molecule has 0 saturated carbocycles. The standard InChI is InChI=1S/C16H24N2O2/c1-12(2)20-11-10-18(3)16(19)15-14-7-5-4-6-13(14)8-9-17-15/h4-7,12,15,17H,8-11H2,1-3H3. The fourth-order valence-electron chi connectivity index (χ4n) is 2.48. The Kier molecular flexibility index (Phi) is 5.15. The number of likely N-dealkylation sites (N-methyl/N-ethyl adjacent to an activating group) is 1. The third kappa shape index (κ3) is 3.58. The summed E-state index contributed by atoms with van der Waals surface area (Å²) in [6, 6.07) is 7.96. The molecule has 0 saturated heterocycles. The summed E-state index contributed by atoms with van der Waals surface area (Å²) in [5.74, 6) is 0.115. The van der Waals surface area contributed by atoms with Crippen LogP contribution in [0.15, 0.2) is 24.3 Å². The van der Waals surface area contributed by atoms with E-state index < -0.39 is 0 Å². The first kappa shape index (κ1) is 15.0. The number of amides is 1. The van der Waals surface area contributed by atoms with Crippen molar-refractivity contribution in [1.29, 1.82) is 0 Å². The van der Waals surface area contributed by atoms with Crippen LogP contribution in [0.4, 0.5) is 0 Å². The van der Waals surface area contributed by atoms with Crippen LogP contribution < -0.4 is 5.32 Å². The molecule has 1 amide bonds. The van der Waals surface area contributed by atoms with E-state index in [9.17, 15) is 4.79 Å². The van der Waals surface area contributed by atoms with Gasteiger partial charge in [-0.25, -0.2) is 0 Å². The lowest BCUT2D eigenvalue weighted by molar-refractivity contribution is -0.133. The summed E-state index contributed by atoms with van der Waals surface area (Å²) in [4.78, 5) is 14.3. The fraction of sp³-hybridized carbons (Fsp3) is 0.562. The maximum absolute atomic E-state index is 12.5. The quantitative estimate of drug-likeness (QED) is 0.891. The largest absolute Gasteiger partial charge is 0.377 e. The summed E-state index contributed by atoms with van der Waals surface area (Å²) < 4.78 is 5.51. The molecule has 0 radical (unpaired) electrons. The van der Waals surface area contributed by atoms with E-state index in [0.29, 0.717) is 13.2 Å². The highest BCUT2D eigenvalue weighted by atomic mass is 16.5. The predicted molar refractivity (Wildman–Crippen MR) is 79.6 cm³/mol. The van der Waals surface area contributed by atoms with Crippen LogP contribution in [0, 0.1) is 0 Å². The van der Waals surface area contributed by atoms with Crippen LogP contribution in [0.2, 0.25) is 0 Å². The van der Waals surface area contributed by atoms with E-state index in [2.05, 4.69) is 11.4 Å². The number of rotatable bonds is 5. The monoisotopic (exact) mass is 276 g/mol. The Morgan fingerprint density at radius 3 is 2.95 bits per heavy atom. The molecule has 1 unspecified atom stereocenters. The molecule has 0 bridgehead atoms. The number of benzene rings is 1. The number of hydrogen-bond donors (Lipinski definition) is 1. The number of hydrogen-bond acceptors (Lipinski definition) is 3. The molecule has 1 aromatic carbocycles. The smallest absolute Gasteiger partial charge is 0.244 e. The summed E-state index contributed by atoms with van der Waals surface area (Å²) in [5, 5.41) is 3.32. The third-order valence-corrected chi connectivity index (χ3v) is 3.61. The minimum Gasteiger partial charge on any atom is -0.377 e. The third-order valence-electron chi connectivity index (χ3n) is 3.61. The van der Waals surface area contributed by atoms with Crippen LogP contribution in [-0.2, 0) is 16.0 Å². The van der Waals surface area contributed by atoms with Crippen molar-refractivity contribution in [2.24, 2.45) is 0 Å². The molecule has 1 atom stereocenters. The zero-order valence-electron chi connectivity index (χ0n) is 12.6. The van der Waals surface area contributed by atoms with Crippen molar-refractivity contribution >= 4 is 5.91 Å². The topological polar surface area (TPSA) is 41.6 Å². The molecule has 0 aromatic heterocycles. The van der Waals surface area contributed by atoms with Gasteiger partial charge in [-0.1, -0.05) is 24.3 Å². The molecular formula is C16H24N2O2. The second-order valence-electron chi connectivity index (χ2n) is 5.52. The van der Waals surface area contributed by atoms with E-state index in [1.165, 1.54) is 5.56 Å². The fourth-order valence-corrected chi connectivity index (χ4v) is 2.48. The molecule has 1 heterocycles. The van der Waals surface area contributed by atoms with Gasteiger partial charge in [0.2, 0.25) is 5.91 Å². The minimum absolute atomic E-state index is 0.115. The summed E-state index contributed by atoms with van der Waals surface area (Å²) >= 11 is 0. The minimum atomic E-state index is -0.219. The molecule has 4 heteroatoms. The molecule has 1 aromatic rings. The lowest BCUT2D eigenvalue weighted by atomic mass is 9.93. The number of carbonyl (C=O) groups is 1. The van der Waals surface area contributed by atoms with Crippen molar-refractivity contribution in [3.05, 3.63) is 35.4 Å². The van der Waals surface area contributed by atoms with Gasteiger partial charge in [-0.2, -0.15) is 0 Å². The van der Waals surface area contributed by atoms with E-state index in [-0.39, 0.29) is 18.1 Å². The molecule has 20 heavy (non-hydrogen) atoms. The van der Waals surface area contributed by atoms with Crippen LogP contribution >= 0.6 is 0 Å². The van der Waals surface area contributed by atoms with E-state index in [1.807, 2.05) is 39.1 Å². The summed E-state index contributed by atoms with van der Waals surface area (Å²) in [5.41, 5.74) is 2.39. The molecule has 4 nitrogen and oxygen atoms in total. The summed E-state index contributed by atoms with van der Waals surface area (Å²) in [7, 11) is 1.84. The van der Waals surface area contributed by atoms with Gasteiger partial charge in [-0.3, -0.25) is 4.79 Å². The van der Waals surface area contributed by atoms with Gasteiger partial charge in [0.25, 0.3) is 0 Å². The van der Waals surface area contributed by atoms with Crippen LogP contribution in [-0.4, -0.2) is 43.7 Å². The van der Waals surface area contributed by atoms with Gasteiger partial charge in [0.1, 0.15) is 6.04 Å². The molecular weight excluding hydrogens is 252 g/mol. The zero-order valence-corrected chi connectivity index (χ0v) is 12.6. The lowest BCUT2D eigenvalue weighted by Gasteiger charge is -2.29. The predicted octanol–water partition coefficient (Wildman–Crippen LogP) is 1.76. The van der Waals surface area contributed by atoms with Gasteiger partial charge in [-0.15, -0.1) is 0 Å². The molecule has 0 fully saturated rings. The zero-order chi connectivity index (χ0) is 14.5. The Hall–Kier alpha value is -1.39. The number of ether oxygens (including phenoxy) is 1. The van der Waals surface area contributed by atoms with E-state index in [0.717, 1.165) is 18.5 Å². The van der Waals surface area contributed by atoms with Crippen LogP contribution in [0.3, 0.4) is 0 Å². The molecule has 1 N–H and O–H groups in total.